The van der Waals surface area contributed by atoms with Gasteiger partial charge in [-0.25, -0.2) is 18.4 Å². The Morgan fingerprint density at radius 3 is 2.55 bits per heavy atom. The van der Waals surface area contributed by atoms with E-state index in [0.717, 1.165) is 36.6 Å². The maximum atomic E-state index is 13.4. The van der Waals surface area contributed by atoms with E-state index in [0.29, 0.717) is 17.0 Å². The summed E-state index contributed by atoms with van der Waals surface area (Å²) in [5.74, 6) is 0.493. The van der Waals surface area contributed by atoms with Crippen LogP contribution in [0.25, 0.3) is 22.1 Å². The van der Waals surface area contributed by atoms with Crippen LogP contribution in [0.4, 0.5) is 0 Å². The topological polar surface area (TPSA) is 101 Å². The third kappa shape index (κ3) is 2.86. The number of hydrogen-bond donors (Lipinski definition) is 2. The lowest BCUT2D eigenvalue weighted by Crippen LogP contribution is -2.15. The Morgan fingerprint density at radius 2 is 1.83 bits per heavy atom. The minimum absolute atomic E-state index is 0.0714. The van der Waals surface area contributed by atoms with Gasteiger partial charge in [-0.15, -0.1) is 0 Å². The Balaban J connectivity index is 1.85. The molecule has 5 rings (SSSR count). The summed E-state index contributed by atoms with van der Waals surface area (Å²) < 4.78 is 28.9. The van der Waals surface area contributed by atoms with Crippen LogP contribution in [0.5, 0.6) is 0 Å². The number of rotatable bonds is 4. The summed E-state index contributed by atoms with van der Waals surface area (Å²) in [6.45, 7) is -0.248. The number of H-pyrrole nitrogens is 1. The lowest BCUT2D eigenvalue weighted by molar-refractivity contribution is 0.253. The first-order chi connectivity index (χ1) is 14.1. The van der Waals surface area contributed by atoms with Gasteiger partial charge >= 0.3 is 0 Å². The van der Waals surface area contributed by atoms with Crippen LogP contribution in [-0.2, 0) is 16.4 Å². The average Bonchev–Trinajstić information content (AvgIpc) is 3.38. The molecule has 0 radical (unpaired) electrons. The molecular formula is C21H22N4O3S. The molecule has 1 fully saturated rings. The monoisotopic (exact) mass is 410 g/mol. The van der Waals surface area contributed by atoms with Crippen molar-refractivity contribution in [3.8, 4) is 0 Å². The molecule has 0 atom stereocenters. The molecule has 0 saturated heterocycles. The normalized spacial score (nSPS) is 16.0. The first-order valence-corrected chi connectivity index (χ1v) is 11.4. The molecule has 8 heteroatoms. The molecule has 4 aromatic rings. The third-order valence-corrected chi connectivity index (χ3v) is 7.46. The summed E-state index contributed by atoms with van der Waals surface area (Å²) >= 11 is 0. The number of hydrogen-bond acceptors (Lipinski definition) is 5. The number of aliphatic hydroxyl groups excluding tert-OH is 1. The highest BCUT2D eigenvalue weighted by molar-refractivity contribution is 7.91. The molecule has 3 aromatic heterocycles. The minimum atomic E-state index is -3.87. The van der Waals surface area contributed by atoms with E-state index in [1.54, 1.807) is 36.5 Å². The molecule has 150 valence electrons. The van der Waals surface area contributed by atoms with Crippen molar-refractivity contribution >= 4 is 31.9 Å². The molecule has 1 aliphatic carbocycles. The van der Waals surface area contributed by atoms with Crippen molar-refractivity contribution < 1.29 is 13.5 Å². The Hall–Kier alpha value is -2.71. The first-order valence-electron chi connectivity index (χ1n) is 9.90. The van der Waals surface area contributed by atoms with Crippen molar-refractivity contribution in [1.29, 1.82) is 0 Å². The summed E-state index contributed by atoms with van der Waals surface area (Å²) in [6.07, 6.45) is 7.18. The predicted octanol–water partition coefficient (Wildman–Crippen LogP) is 3.74. The molecule has 29 heavy (non-hydrogen) atoms. The zero-order valence-corrected chi connectivity index (χ0v) is 16.7. The van der Waals surface area contributed by atoms with E-state index in [4.69, 9.17) is 0 Å². The van der Waals surface area contributed by atoms with Gasteiger partial charge in [-0.3, -0.25) is 0 Å². The van der Waals surface area contributed by atoms with Gasteiger partial charge in [0.2, 0.25) is 9.84 Å². The third-order valence-electron chi connectivity index (χ3n) is 5.77. The van der Waals surface area contributed by atoms with Gasteiger partial charge in [-0.05, 0) is 31.0 Å². The summed E-state index contributed by atoms with van der Waals surface area (Å²) in [5, 5.41) is 10.8. The lowest BCUT2D eigenvalue weighted by Gasteiger charge is -2.25. The van der Waals surface area contributed by atoms with Gasteiger partial charge in [0.05, 0.1) is 10.4 Å². The van der Waals surface area contributed by atoms with Gasteiger partial charge in [0.1, 0.15) is 23.6 Å². The number of aromatic nitrogens is 4. The van der Waals surface area contributed by atoms with Crippen LogP contribution in [0.2, 0.25) is 0 Å². The van der Waals surface area contributed by atoms with Crippen molar-refractivity contribution in [2.75, 3.05) is 0 Å². The number of imidazole rings is 1. The van der Waals surface area contributed by atoms with Gasteiger partial charge in [0.25, 0.3) is 0 Å². The van der Waals surface area contributed by atoms with Gasteiger partial charge in [0.15, 0.2) is 5.03 Å². The minimum Gasteiger partial charge on any atom is -0.388 e. The van der Waals surface area contributed by atoms with Crippen LogP contribution >= 0.6 is 0 Å². The van der Waals surface area contributed by atoms with E-state index in [2.05, 4.69) is 19.5 Å². The maximum Gasteiger partial charge on any atom is 0.226 e. The number of nitrogens with zero attached hydrogens (tertiary/aromatic N) is 3. The number of pyridine rings is 1. The Kier molecular flexibility index (Phi) is 4.40. The van der Waals surface area contributed by atoms with E-state index in [1.165, 1.54) is 6.42 Å². The summed E-state index contributed by atoms with van der Waals surface area (Å²) in [7, 11) is -3.87. The molecule has 0 bridgehead atoms. The largest absolute Gasteiger partial charge is 0.388 e. The fraction of sp³-hybridized carbons (Fsp3) is 0.333. The van der Waals surface area contributed by atoms with Gasteiger partial charge in [-0.2, -0.15) is 0 Å². The average molecular weight is 410 g/mol. The molecule has 2 N–H and O–H groups in total. The molecule has 0 spiro atoms. The molecule has 3 heterocycles. The van der Waals surface area contributed by atoms with Crippen LogP contribution in [0, 0.1) is 0 Å². The van der Waals surface area contributed by atoms with Gasteiger partial charge in [0, 0.05) is 17.6 Å². The highest BCUT2D eigenvalue weighted by Gasteiger charge is 2.30. The Labute approximate surface area is 168 Å². The van der Waals surface area contributed by atoms with Gasteiger partial charge < -0.3 is 14.7 Å². The van der Waals surface area contributed by atoms with E-state index in [1.807, 2.05) is 6.07 Å². The number of fused-ring (bicyclic) bond motifs is 3. The quantitative estimate of drug-likeness (QED) is 0.534. The Bertz CT molecular complexity index is 1290. The molecule has 0 amide bonds. The number of aliphatic hydroxyl groups is 1. The van der Waals surface area contributed by atoms with Crippen molar-refractivity contribution in [1.82, 2.24) is 19.5 Å². The van der Waals surface area contributed by atoms with E-state index >= 15 is 0 Å². The van der Waals surface area contributed by atoms with E-state index < -0.39 is 9.84 Å². The highest BCUT2D eigenvalue weighted by Crippen LogP contribution is 2.37. The molecular weight excluding hydrogens is 388 g/mol. The molecule has 0 aliphatic heterocycles. The van der Waals surface area contributed by atoms with Crippen LogP contribution in [-0.4, -0.2) is 33.0 Å². The van der Waals surface area contributed by atoms with Gasteiger partial charge in [-0.1, -0.05) is 37.5 Å². The highest BCUT2D eigenvalue weighted by atomic mass is 32.2. The molecule has 1 saturated carbocycles. The second kappa shape index (κ2) is 6.96. The maximum absolute atomic E-state index is 13.4. The summed E-state index contributed by atoms with van der Waals surface area (Å²) in [4.78, 5) is 12.3. The van der Waals surface area contributed by atoms with Crippen LogP contribution in [0.15, 0.2) is 52.5 Å². The SMILES string of the molecule is O=S(=O)(c1ccccc1)c1nc2[nH]ccc2c2c1nc(CO)n2C1CCCCC1. The molecule has 1 aromatic carbocycles. The van der Waals surface area contributed by atoms with Crippen molar-refractivity contribution in [3.63, 3.8) is 0 Å². The number of benzene rings is 1. The molecule has 7 nitrogen and oxygen atoms in total. The second-order valence-electron chi connectivity index (χ2n) is 7.52. The smallest absolute Gasteiger partial charge is 0.226 e. The van der Waals surface area contributed by atoms with Crippen molar-refractivity contribution in [2.45, 2.75) is 54.7 Å². The zero-order chi connectivity index (χ0) is 20.0. The molecule has 0 unspecified atom stereocenters. The predicted molar refractivity (Wildman–Crippen MR) is 109 cm³/mol. The summed E-state index contributed by atoms with van der Waals surface area (Å²) in [6, 6.07) is 10.4. The zero-order valence-electron chi connectivity index (χ0n) is 15.9. The fourth-order valence-corrected chi connectivity index (χ4v) is 5.77. The lowest BCUT2D eigenvalue weighted by atomic mass is 9.95. The number of nitrogens with one attached hydrogen (secondary N) is 1. The molecule has 1 aliphatic rings. The van der Waals surface area contributed by atoms with Crippen LogP contribution in [0.3, 0.4) is 0 Å². The van der Waals surface area contributed by atoms with E-state index in [9.17, 15) is 13.5 Å². The Morgan fingerprint density at radius 1 is 1.07 bits per heavy atom. The van der Waals surface area contributed by atoms with E-state index in [-0.39, 0.29) is 22.6 Å². The fourth-order valence-electron chi connectivity index (χ4n) is 4.43. The number of sulfone groups is 1. The van der Waals surface area contributed by atoms with Crippen molar-refractivity contribution in [2.24, 2.45) is 0 Å². The van der Waals surface area contributed by atoms with Crippen LogP contribution in [0.1, 0.15) is 44.0 Å². The van der Waals surface area contributed by atoms with Crippen molar-refractivity contribution in [3.05, 3.63) is 48.4 Å². The standard InChI is InChI=1S/C21H22N4O3S/c26-13-17-23-18-19(25(17)14-7-3-1-4-8-14)16-11-12-22-20(16)24-21(18)29(27,28)15-9-5-2-6-10-15/h2,5-6,9-12,14,26H,1,3-4,7-8,13H2,(H,22,24). The summed E-state index contributed by atoms with van der Waals surface area (Å²) in [5.41, 5.74) is 1.57. The van der Waals surface area contributed by atoms with Crippen LogP contribution < -0.4 is 0 Å². The second-order valence-corrected chi connectivity index (χ2v) is 9.38. The number of aromatic amines is 1. The first kappa shape index (κ1) is 18.3.